The number of benzene rings is 2. The highest BCUT2D eigenvalue weighted by Gasteiger charge is 2.22. The first-order valence-corrected chi connectivity index (χ1v) is 11.1. The maximum atomic E-state index is 13.1. The second-order valence-corrected chi connectivity index (χ2v) is 8.21. The van der Waals surface area contributed by atoms with E-state index in [9.17, 15) is 14.0 Å². The number of aryl methyl sites for hydroxylation is 1. The minimum absolute atomic E-state index is 0.0263. The van der Waals surface area contributed by atoms with E-state index in [-0.39, 0.29) is 23.7 Å². The minimum Gasteiger partial charge on any atom is -0.340 e. The predicted octanol–water partition coefficient (Wildman–Crippen LogP) is 2.39. The van der Waals surface area contributed by atoms with Crippen LogP contribution in [0.4, 0.5) is 4.39 Å². The molecule has 0 spiro atoms. The highest BCUT2D eigenvalue weighted by atomic mass is 19.1. The number of aromatic amines is 1. The van der Waals surface area contributed by atoms with Gasteiger partial charge in [-0.3, -0.25) is 14.5 Å². The Labute approximate surface area is 194 Å². The van der Waals surface area contributed by atoms with Crippen molar-refractivity contribution in [3.8, 4) is 11.4 Å². The zero-order valence-electron chi connectivity index (χ0n) is 18.4. The molecule has 3 heterocycles. The molecule has 10 heteroatoms. The number of carbonyl (C=O) groups is 1. The number of H-pyrrole nitrogens is 1. The van der Waals surface area contributed by atoms with Crippen molar-refractivity contribution in [3.63, 3.8) is 0 Å². The number of hydrogen-bond donors (Lipinski definition) is 1. The van der Waals surface area contributed by atoms with E-state index >= 15 is 0 Å². The SMILES string of the molecule is O=C(CCc1nc(-c2ccc(F)cc2)no1)N1CCN(Cc2nc3ccccc3c(=O)[nH]2)CC1. The molecule has 0 bridgehead atoms. The lowest BCUT2D eigenvalue weighted by Gasteiger charge is -2.34. The van der Waals surface area contributed by atoms with Gasteiger partial charge in [0, 0.05) is 44.6 Å². The largest absolute Gasteiger partial charge is 0.340 e. The van der Waals surface area contributed by atoms with E-state index in [2.05, 4.69) is 25.0 Å². The molecule has 9 nitrogen and oxygen atoms in total. The normalized spacial score (nSPS) is 14.6. The predicted molar refractivity (Wildman–Crippen MR) is 122 cm³/mol. The molecule has 1 fully saturated rings. The van der Waals surface area contributed by atoms with E-state index < -0.39 is 0 Å². The van der Waals surface area contributed by atoms with Crippen LogP contribution < -0.4 is 5.56 Å². The number of hydrogen-bond acceptors (Lipinski definition) is 7. The number of piperazine rings is 1. The molecule has 1 saturated heterocycles. The number of rotatable bonds is 6. The molecule has 2 aromatic heterocycles. The molecule has 0 unspecified atom stereocenters. The summed E-state index contributed by atoms with van der Waals surface area (Å²) in [6, 6.07) is 13.1. The van der Waals surface area contributed by atoms with Crippen molar-refractivity contribution in [3.05, 3.63) is 76.4 Å². The Morgan fingerprint density at radius 2 is 1.79 bits per heavy atom. The number of nitrogens with zero attached hydrogens (tertiary/aromatic N) is 5. The Hall–Kier alpha value is -3.92. The van der Waals surface area contributed by atoms with Gasteiger partial charge >= 0.3 is 0 Å². The van der Waals surface area contributed by atoms with E-state index in [4.69, 9.17) is 4.52 Å². The zero-order chi connectivity index (χ0) is 23.5. The topological polar surface area (TPSA) is 108 Å². The van der Waals surface area contributed by atoms with Gasteiger partial charge in [-0.2, -0.15) is 4.98 Å². The van der Waals surface area contributed by atoms with Crippen LogP contribution in [0.25, 0.3) is 22.3 Å². The summed E-state index contributed by atoms with van der Waals surface area (Å²) in [5, 5.41) is 4.49. The van der Waals surface area contributed by atoms with Gasteiger partial charge in [0.05, 0.1) is 17.4 Å². The number of amides is 1. The first kappa shape index (κ1) is 21.9. The van der Waals surface area contributed by atoms with Crippen LogP contribution in [-0.2, 0) is 17.8 Å². The molecule has 1 amide bonds. The molecule has 1 N–H and O–H groups in total. The third kappa shape index (κ3) is 4.86. The molecular weight excluding hydrogens is 439 g/mol. The molecule has 5 rings (SSSR count). The number of fused-ring (bicyclic) bond motifs is 1. The van der Waals surface area contributed by atoms with Crippen LogP contribution in [0.2, 0.25) is 0 Å². The van der Waals surface area contributed by atoms with Crippen molar-refractivity contribution in [1.29, 1.82) is 0 Å². The van der Waals surface area contributed by atoms with Crippen LogP contribution in [0.15, 0.2) is 57.8 Å². The number of halogens is 1. The van der Waals surface area contributed by atoms with Crippen LogP contribution in [0, 0.1) is 5.82 Å². The zero-order valence-corrected chi connectivity index (χ0v) is 18.4. The van der Waals surface area contributed by atoms with Crippen molar-refractivity contribution >= 4 is 16.8 Å². The maximum Gasteiger partial charge on any atom is 0.258 e. The van der Waals surface area contributed by atoms with Gasteiger partial charge in [-0.1, -0.05) is 17.3 Å². The van der Waals surface area contributed by atoms with Crippen LogP contribution in [0.1, 0.15) is 18.1 Å². The van der Waals surface area contributed by atoms with Gasteiger partial charge in [0.2, 0.25) is 17.6 Å². The van der Waals surface area contributed by atoms with E-state index in [1.807, 2.05) is 23.1 Å². The lowest BCUT2D eigenvalue weighted by molar-refractivity contribution is -0.133. The molecule has 0 atom stereocenters. The van der Waals surface area contributed by atoms with Crippen LogP contribution in [0.3, 0.4) is 0 Å². The summed E-state index contributed by atoms with van der Waals surface area (Å²) in [5.41, 5.74) is 1.19. The third-order valence-electron chi connectivity index (χ3n) is 5.88. The van der Waals surface area contributed by atoms with Crippen LogP contribution >= 0.6 is 0 Å². The first-order valence-electron chi connectivity index (χ1n) is 11.1. The van der Waals surface area contributed by atoms with Gasteiger partial charge < -0.3 is 14.4 Å². The number of nitrogens with one attached hydrogen (secondary N) is 1. The molecule has 1 aliphatic rings. The smallest absolute Gasteiger partial charge is 0.258 e. The van der Waals surface area contributed by atoms with E-state index in [0.29, 0.717) is 73.2 Å². The average molecular weight is 462 g/mol. The summed E-state index contributed by atoms with van der Waals surface area (Å²) >= 11 is 0. The van der Waals surface area contributed by atoms with Crippen molar-refractivity contribution < 1.29 is 13.7 Å². The van der Waals surface area contributed by atoms with Gasteiger partial charge in [0.1, 0.15) is 11.6 Å². The van der Waals surface area contributed by atoms with E-state index in [1.165, 1.54) is 12.1 Å². The Morgan fingerprint density at radius 3 is 2.59 bits per heavy atom. The van der Waals surface area contributed by atoms with Crippen LogP contribution in [-0.4, -0.2) is 62.0 Å². The molecule has 1 aliphatic heterocycles. The van der Waals surface area contributed by atoms with Crippen molar-refractivity contribution in [2.75, 3.05) is 26.2 Å². The second-order valence-electron chi connectivity index (χ2n) is 8.21. The molecule has 4 aromatic rings. The summed E-state index contributed by atoms with van der Waals surface area (Å²) in [7, 11) is 0. The molecule has 0 aliphatic carbocycles. The first-order chi connectivity index (χ1) is 16.5. The van der Waals surface area contributed by atoms with Crippen LogP contribution in [0.5, 0.6) is 0 Å². The molecule has 0 saturated carbocycles. The van der Waals surface area contributed by atoms with Crippen molar-refractivity contribution in [2.24, 2.45) is 0 Å². The fraction of sp³-hybridized carbons (Fsp3) is 0.292. The highest BCUT2D eigenvalue weighted by Crippen LogP contribution is 2.17. The molecule has 34 heavy (non-hydrogen) atoms. The number of carbonyl (C=O) groups excluding carboxylic acids is 1. The quantitative estimate of drug-likeness (QED) is 0.469. The Morgan fingerprint density at radius 1 is 1.03 bits per heavy atom. The monoisotopic (exact) mass is 462 g/mol. The van der Waals surface area contributed by atoms with Gasteiger partial charge in [-0.05, 0) is 36.4 Å². The Bertz CT molecular complexity index is 1360. The second kappa shape index (κ2) is 9.52. The van der Waals surface area contributed by atoms with Gasteiger partial charge in [0.15, 0.2) is 0 Å². The molecule has 174 valence electrons. The highest BCUT2D eigenvalue weighted by molar-refractivity contribution is 5.77. The average Bonchev–Trinajstić information content (AvgIpc) is 3.33. The Kier molecular flexibility index (Phi) is 6.13. The summed E-state index contributed by atoms with van der Waals surface area (Å²) in [6.45, 7) is 3.11. The standard InChI is InChI=1S/C24H23FN6O3/c25-17-7-5-16(6-8-17)23-28-21(34-29-23)9-10-22(32)31-13-11-30(12-14-31)15-20-26-19-4-2-1-3-18(19)24(33)27-20/h1-8H,9-15H2,(H,26,27,33). The van der Waals surface area contributed by atoms with Crippen molar-refractivity contribution in [2.45, 2.75) is 19.4 Å². The summed E-state index contributed by atoms with van der Waals surface area (Å²) in [5.74, 6) is 1.06. The summed E-state index contributed by atoms with van der Waals surface area (Å²) < 4.78 is 18.3. The van der Waals surface area contributed by atoms with E-state index in [0.717, 1.165) is 0 Å². The van der Waals surface area contributed by atoms with Gasteiger partial charge in [-0.15, -0.1) is 0 Å². The molecular formula is C24H23FN6O3. The molecule has 2 aromatic carbocycles. The summed E-state index contributed by atoms with van der Waals surface area (Å²) in [4.78, 5) is 40.6. The van der Waals surface area contributed by atoms with Gasteiger partial charge in [0.25, 0.3) is 5.56 Å². The van der Waals surface area contributed by atoms with E-state index in [1.54, 1.807) is 18.2 Å². The minimum atomic E-state index is -0.333. The third-order valence-corrected chi connectivity index (χ3v) is 5.88. The fourth-order valence-corrected chi connectivity index (χ4v) is 4.02. The fourth-order valence-electron chi connectivity index (χ4n) is 4.02. The maximum absolute atomic E-state index is 13.1. The summed E-state index contributed by atoms with van der Waals surface area (Å²) in [6.07, 6.45) is 0.611. The molecule has 0 radical (unpaired) electrons. The lowest BCUT2D eigenvalue weighted by Crippen LogP contribution is -2.48. The lowest BCUT2D eigenvalue weighted by atomic mass is 10.2. The van der Waals surface area contributed by atoms with Gasteiger partial charge in [-0.25, -0.2) is 9.37 Å². The van der Waals surface area contributed by atoms with Crippen molar-refractivity contribution in [1.82, 2.24) is 29.9 Å². The Balaban J connectivity index is 1.12. The number of para-hydroxylation sites is 1. The number of aromatic nitrogens is 4.